The number of hydrogen-bond donors (Lipinski definition) is 1. The Hall–Kier alpha value is -1.87. The monoisotopic (exact) mass is 399 g/mol. The summed E-state index contributed by atoms with van der Waals surface area (Å²) in [7, 11) is 0. The summed E-state index contributed by atoms with van der Waals surface area (Å²) in [5, 5.41) is 0. The van der Waals surface area contributed by atoms with Gasteiger partial charge in [0.1, 0.15) is 24.6 Å². The van der Waals surface area contributed by atoms with E-state index in [1.165, 1.54) is 0 Å². The van der Waals surface area contributed by atoms with E-state index in [0.29, 0.717) is 64.3 Å². The molecule has 2 N–H and O–H groups in total. The molecule has 8 nitrogen and oxygen atoms in total. The fourth-order valence-corrected chi connectivity index (χ4v) is 2.01. The quantitative estimate of drug-likeness (QED) is 0.272. The van der Waals surface area contributed by atoms with Crippen molar-refractivity contribution in [2.24, 2.45) is 0 Å². The number of nitrogen functional groups attached to an aromatic ring is 1. The molecule has 0 amide bonds. The summed E-state index contributed by atoms with van der Waals surface area (Å²) in [4.78, 5) is 11.4. The molecule has 0 fully saturated rings. The first kappa shape index (κ1) is 24.2. The molecule has 0 saturated carbocycles. The number of anilines is 1. The molecule has 0 aliphatic carbocycles. The van der Waals surface area contributed by atoms with Crippen molar-refractivity contribution in [3.05, 3.63) is 24.3 Å². The molecular formula is C20H33NO7. The predicted octanol–water partition coefficient (Wildman–Crippen LogP) is 2.06. The van der Waals surface area contributed by atoms with Crippen LogP contribution in [-0.4, -0.2) is 71.0 Å². The van der Waals surface area contributed by atoms with Gasteiger partial charge in [-0.1, -0.05) is 12.1 Å². The molecule has 1 aromatic rings. The van der Waals surface area contributed by atoms with Crippen LogP contribution in [-0.2, 0) is 28.5 Å². The van der Waals surface area contributed by atoms with Gasteiger partial charge >= 0.3 is 5.97 Å². The summed E-state index contributed by atoms with van der Waals surface area (Å²) in [6.07, 6.45) is 0. The van der Waals surface area contributed by atoms with Crippen LogP contribution in [0.2, 0.25) is 0 Å². The molecule has 0 saturated heterocycles. The van der Waals surface area contributed by atoms with E-state index in [4.69, 9.17) is 34.2 Å². The fraction of sp³-hybridized carbons (Fsp3) is 0.650. The maximum atomic E-state index is 11.4. The smallest absolute Gasteiger partial charge is 0.332 e. The summed E-state index contributed by atoms with van der Waals surface area (Å²) >= 11 is 0. The van der Waals surface area contributed by atoms with Gasteiger partial charge in [0.2, 0.25) is 0 Å². The van der Waals surface area contributed by atoms with E-state index in [-0.39, 0.29) is 12.6 Å². The van der Waals surface area contributed by atoms with E-state index in [9.17, 15) is 4.79 Å². The van der Waals surface area contributed by atoms with Crippen LogP contribution in [0.1, 0.15) is 20.8 Å². The maximum absolute atomic E-state index is 11.4. The molecule has 0 spiro atoms. The van der Waals surface area contributed by atoms with Gasteiger partial charge in [-0.15, -0.1) is 0 Å². The molecule has 0 radical (unpaired) electrons. The first-order valence-electron chi connectivity index (χ1n) is 9.38. The normalized spacial score (nSPS) is 11.4. The maximum Gasteiger partial charge on any atom is 0.332 e. The number of nitrogens with two attached hydrogens (primary N) is 1. The molecule has 0 aliphatic rings. The number of esters is 1. The van der Waals surface area contributed by atoms with Crippen LogP contribution in [0.4, 0.5) is 5.69 Å². The predicted molar refractivity (Wildman–Crippen MR) is 105 cm³/mol. The molecule has 0 atom stereocenters. The van der Waals surface area contributed by atoms with Crippen LogP contribution < -0.4 is 10.5 Å². The Morgan fingerprint density at radius 2 is 1.32 bits per heavy atom. The first-order chi connectivity index (χ1) is 13.4. The molecule has 0 aliphatic heterocycles. The van der Waals surface area contributed by atoms with E-state index < -0.39 is 5.60 Å². The molecule has 0 unspecified atom stereocenters. The van der Waals surface area contributed by atoms with Crippen molar-refractivity contribution >= 4 is 11.7 Å². The number of carbonyl (C=O) groups is 1. The highest BCUT2D eigenvalue weighted by Gasteiger charge is 2.15. The second-order valence-corrected chi connectivity index (χ2v) is 6.86. The number of rotatable bonds is 15. The Bertz CT molecular complexity index is 546. The van der Waals surface area contributed by atoms with E-state index >= 15 is 0 Å². The van der Waals surface area contributed by atoms with Crippen molar-refractivity contribution in [1.29, 1.82) is 0 Å². The molecule has 0 heterocycles. The van der Waals surface area contributed by atoms with Gasteiger partial charge in [-0.2, -0.15) is 0 Å². The zero-order valence-corrected chi connectivity index (χ0v) is 17.1. The van der Waals surface area contributed by atoms with Crippen LogP contribution >= 0.6 is 0 Å². The summed E-state index contributed by atoms with van der Waals surface area (Å²) in [6, 6.07) is 7.34. The first-order valence-corrected chi connectivity index (χ1v) is 9.38. The zero-order valence-electron chi connectivity index (χ0n) is 17.1. The number of carbonyl (C=O) groups excluding carboxylic acids is 1. The highest BCUT2D eigenvalue weighted by Crippen LogP contribution is 2.19. The minimum absolute atomic E-state index is 0.0744. The van der Waals surface area contributed by atoms with Gasteiger partial charge in [0.05, 0.1) is 51.9 Å². The van der Waals surface area contributed by atoms with E-state index in [1.54, 1.807) is 6.07 Å². The third-order valence-electron chi connectivity index (χ3n) is 3.16. The van der Waals surface area contributed by atoms with E-state index in [2.05, 4.69) is 0 Å². The van der Waals surface area contributed by atoms with E-state index in [0.717, 1.165) is 0 Å². The largest absolute Gasteiger partial charge is 0.489 e. The lowest BCUT2D eigenvalue weighted by molar-refractivity contribution is -0.160. The molecule has 1 aromatic carbocycles. The lowest BCUT2D eigenvalue weighted by atomic mass is 10.2. The summed E-state index contributed by atoms with van der Waals surface area (Å²) in [5.41, 5.74) is 5.89. The van der Waals surface area contributed by atoms with Crippen molar-refractivity contribution in [1.82, 2.24) is 0 Å². The second-order valence-electron chi connectivity index (χ2n) is 6.86. The Morgan fingerprint density at radius 3 is 1.86 bits per heavy atom. The molecule has 0 aromatic heterocycles. The Morgan fingerprint density at radius 1 is 0.821 bits per heavy atom. The summed E-state index contributed by atoms with van der Waals surface area (Å²) < 4.78 is 32.0. The summed E-state index contributed by atoms with van der Waals surface area (Å²) in [5.74, 6) is 0.281. The summed E-state index contributed by atoms with van der Waals surface area (Å²) in [6.45, 7) is 8.85. The van der Waals surface area contributed by atoms with Crippen molar-refractivity contribution < 1.29 is 33.2 Å². The highest BCUT2D eigenvalue weighted by molar-refractivity contribution is 5.71. The molecule has 160 valence electrons. The third-order valence-corrected chi connectivity index (χ3v) is 3.16. The van der Waals surface area contributed by atoms with Crippen LogP contribution in [0.15, 0.2) is 24.3 Å². The number of hydrogen-bond acceptors (Lipinski definition) is 8. The highest BCUT2D eigenvalue weighted by atomic mass is 16.6. The van der Waals surface area contributed by atoms with Gasteiger partial charge in [0.25, 0.3) is 0 Å². The molecule has 1 rings (SSSR count). The van der Waals surface area contributed by atoms with Gasteiger partial charge < -0.3 is 34.2 Å². The van der Waals surface area contributed by atoms with Crippen LogP contribution in [0, 0.1) is 0 Å². The average Bonchev–Trinajstić information content (AvgIpc) is 2.62. The average molecular weight is 399 g/mol. The van der Waals surface area contributed by atoms with Crippen LogP contribution in [0.3, 0.4) is 0 Å². The van der Waals surface area contributed by atoms with E-state index in [1.807, 2.05) is 39.0 Å². The lowest BCUT2D eigenvalue weighted by Gasteiger charge is -2.19. The Kier molecular flexibility index (Phi) is 12.2. The number of ether oxygens (including phenoxy) is 6. The Labute approximate surface area is 167 Å². The van der Waals surface area contributed by atoms with Crippen molar-refractivity contribution in [2.45, 2.75) is 26.4 Å². The lowest BCUT2D eigenvalue weighted by Crippen LogP contribution is -2.27. The van der Waals surface area contributed by atoms with Crippen molar-refractivity contribution in [3.8, 4) is 5.75 Å². The van der Waals surface area contributed by atoms with Crippen LogP contribution in [0.5, 0.6) is 5.75 Å². The van der Waals surface area contributed by atoms with Crippen molar-refractivity contribution in [2.75, 3.05) is 65.2 Å². The molecule has 8 heteroatoms. The van der Waals surface area contributed by atoms with Gasteiger partial charge in [-0.25, -0.2) is 4.79 Å². The second kappa shape index (κ2) is 14.2. The Balaban J connectivity index is 1.81. The topological polar surface area (TPSA) is 98.5 Å². The molecular weight excluding hydrogens is 366 g/mol. The fourth-order valence-electron chi connectivity index (χ4n) is 2.01. The third kappa shape index (κ3) is 13.3. The standard InChI is InChI=1S/C20H33NO7/c1-20(2,3)28-19(22)16-26-13-12-24-9-8-23-10-11-25-14-15-27-18-7-5-4-6-17(18)21/h4-7H,8-16,21H2,1-3H3. The minimum atomic E-state index is -0.499. The van der Waals surface area contributed by atoms with Gasteiger partial charge in [0, 0.05) is 0 Å². The van der Waals surface area contributed by atoms with Gasteiger partial charge in [-0.05, 0) is 32.9 Å². The van der Waals surface area contributed by atoms with Gasteiger partial charge in [0.15, 0.2) is 0 Å². The number of para-hydroxylation sites is 2. The van der Waals surface area contributed by atoms with Crippen LogP contribution in [0.25, 0.3) is 0 Å². The zero-order chi connectivity index (χ0) is 20.7. The minimum Gasteiger partial charge on any atom is -0.489 e. The number of benzene rings is 1. The molecule has 0 bridgehead atoms. The SMILES string of the molecule is CC(C)(C)OC(=O)COCCOCCOCCOCCOc1ccccc1N. The molecule has 28 heavy (non-hydrogen) atoms. The van der Waals surface area contributed by atoms with Crippen molar-refractivity contribution in [3.63, 3.8) is 0 Å². The van der Waals surface area contributed by atoms with Gasteiger partial charge in [-0.3, -0.25) is 0 Å².